The van der Waals surface area contributed by atoms with Crippen molar-refractivity contribution in [3.05, 3.63) is 23.8 Å². The lowest BCUT2D eigenvalue weighted by Gasteiger charge is -2.18. The van der Waals surface area contributed by atoms with Gasteiger partial charge in [0.1, 0.15) is 5.75 Å². The zero-order chi connectivity index (χ0) is 13.9. The number of carboxylic acid groups (broad SMARTS) is 1. The van der Waals surface area contributed by atoms with Crippen molar-refractivity contribution in [1.29, 1.82) is 0 Å². The SMILES string of the molecule is COc1ccc(NC(=O)C(C)(C)C)c(C(=O)O)c1. The maximum absolute atomic E-state index is 11.8. The van der Waals surface area contributed by atoms with Crippen LogP contribution >= 0.6 is 0 Å². The second kappa shape index (κ2) is 5.08. The van der Waals surface area contributed by atoms with E-state index >= 15 is 0 Å². The number of amides is 1. The highest BCUT2D eigenvalue weighted by atomic mass is 16.5. The zero-order valence-corrected chi connectivity index (χ0v) is 10.9. The summed E-state index contributed by atoms with van der Waals surface area (Å²) in [4.78, 5) is 22.9. The van der Waals surface area contributed by atoms with Gasteiger partial charge in [0, 0.05) is 5.41 Å². The monoisotopic (exact) mass is 251 g/mol. The summed E-state index contributed by atoms with van der Waals surface area (Å²) in [6.45, 7) is 5.27. The summed E-state index contributed by atoms with van der Waals surface area (Å²) in [5.41, 5.74) is -0.314. The van der Waals surface area contributed by atoms with Gasteiger partial charge < -0.3 is 15.2 Å². The molecule has 0 fully saturated rings. The molecular weight excluding hydrogens is 234 g/mol. The summed E-state index contributed by atoms with van der Waals surface area (Å²) < 4.78 is 4.96. The molecule has 0 aromatic heterocycles. The fourth-order valence-electron chi connectivity index (χ4n) is 1.25. The Labute approximate surface area is 106 Å². The second-order valence-electron chi connectivity index (χ2n) is 4.92. The van der Waals surface area contributed by atoms with E-state index in [0.29, 0.717) is 5.75 Å². The van der Waals surface area contributed by atoms with E-state index in [1.807, 2.05) is 0 Å². The molecule has 1 aromatic carbocycles. The highest BCUT2D eigenvalue weighted by Gasteiger charge is 2.23. The highest BCUT2D eigenvalue weighted by molar-refractivity contribution is 6.02. The number of hydrogen-bond acceptors (Lipinski definition) is 3. The smallest absolute Gasteiger partial charge is 0.337 e. The van der Waals surface area contributed by atoms with Crippen LogP contribution in [0.3, 0.4) is 0 Å². The summed E-state index contributed by atoms with van der Waals surface area (Å²) in [5.74, 6) is -0.922. The third-order valence-electron chi connectivity index (χ3n) is 2.39. The van der Waals surface area contributed by atoms with Crippen LogP contribution in [0.4, 0.5) is 5.69 Å². The van der Waals surface area contributed by atoms with Crippen molar-refractivity contribution in [3.63, 3.8) is 0 Å². The first-order valence-electron chi connectivity index (χ1n) is 5.48. The number of rotatable bonds is 3. The van der Waals surface area contributed by atoms with Crippen molar-refractivity contribution < 1.29 is 19.4 Å². The largest absolute Gasteiger partial charge is 0.497 e. The normalized spacial score (nSPS) is 10.9. The van der Waals surface area contributed by atoms with Gasteiger partial charge >= 0.3 is 5.97 Å². The molecule has 1 amide bonds. The van der Waals surface area contributed by atoms with E-state index in [-0.39, 0.29) is 17.2 Å². The lowest BCUT2D eigenvalue weighted by molar-refractivity contribution is -0.123. The minimum Gasteiger partial charge on any atom is -0.497 e. The lowest BCUT2D eigenvalue weighted by Crippen LogP contribution is -2.28. The first-order chi connectivity index (χ1) is 8.25. The van der Waals surface area contributed by atoms with Gasteiger partial charge in [-0.1, -0.05) is 20.8 Å². The van der Waals surface area contributed by atoms with Crippen molar-refractivity contribution in [2.45, 2.75) is 20.8 Å². The van der Waals surface area contributed by atoms with Crippen molar-refractivity contribution in [2.24, 2.45) is 5.41 Å². The third-order valence-corrected chi connectivity index (χ3v) is 2.39. The summed E-state index contributed by atoms with van der Waals surface area (Å²) >= 11 is 0. The molecule has 18 heavy (non-hydrogen) atoms. The van der Waals surface area contributed by atoms with Crippen molar-refractivity contribution in [3.8, 4) is 5.75 Å². The van der Waals surface area contributed by atoms with Crippen LogP contribution in [0.25, 0.3) is 0 Å². The lowest BCUT2D eigenvalue weighted by atomic mass is 9.95. The number of ether oxygens (including phenoxy) is 1. The number of aromatic carboxylic acids is 1. The van der Waals surface area contributed by atoms with Gasteiger partial charge in [-0.05, 0) is 18.2 Å². The van der Waals surface area contributed by atoms with Gasteiger partial charge in [-0.25, -0.2) is 4.79 Å². The Morgan fingerprint density at radius 2 is 1.89 bits per heavy atom. The molecule has 5 nitrogen and oxygen atoms in total. The second-order valence-corrected chi connectivity index (χ2v) is 4.92. The van der Waals surface area contributed by atoms with E-state index in [1.165, 1.54) is 19.2 Å². The Kier molecular flexibility index (Phi) is 3.96. The molecule has 0 bridgehead atoms. The molecule has 0 heterocycles. The molecule has 0 aliphatic heterocycles. The minimum absolute atomic E-state index is 0.00644. The summed E-state index contributed by atoms with van der Waals surface area (Å²) in [6.07, 6.45) is 0. The summed E-state index contributed by atoms with van der Waals surface area (Å²) in [6, 6.07) is 4.50. The van der Waals surface area contributed by atoms with Crippen molar-refractivity contribution >= 4 is 17.6 Å². The number of methoxy groups -OCH3 is 1. The minimum atomic E-state index is -1.11. The Morgan fingerprint density at radius 1 is 1.28 bits per heavy atom. The quantitative estimate of drug-likeness (QED) is 0.864. The Morgan fingerprint density at radius 3 is 2.33 bits per heavy atom. The third kappa shape index (κ3) is 3.23. The molecule has 1 aromatic rings. The van der Waals surface area contributed by atoms with Gasteiger partial charge in [-0.2, -0.15) is 0 Å². The average Bonchev–Trinajstić information content (AvgIpc) is 2.27. The van der Waals surface area contributed by atoms with E-state index in [2.05, 4.69) is 5.32 Å². The maximum Gasteiger partial charge on any atom is 0.337 e. The molecule has 0 saturated carbocycles. The van der Waals surface area contributed by atoms with E-state index in [4.69, 9.17) is 9.84 Å². The van der Waals surface area contributed by atoms with Crippen molar-refractivity contribution in [2.75, 3.05) is 12.4 Å². The van der Waals surface area contributed by atoms with E-state index < -0.39 is 11.4 Å². The van der Waals surface area contributed by atoms with Crippen LogP contribution in [-0.4, -0.2) is 24.1 Å². The molecule has 5 heteroatoms. The summed E-state index contributed by atoms with van der Waals surface area (Å²) in [7, 11) is 1.45. The van der Waals surface area contributed by atoms with Crippen LogP contribution in [0, 0.1) is 5.41 Å². The number of benzene rings is 1. The van der Waals surface area contributed by atoms with Crippen LogP contribution in [0.2, 0.25) is 0 Å². The summed E-state index contributed by atoms with van der Waals surface area (Å²) in [5, 5.41) is 11.7. The van der Waals surface area contributed by atoms with Gasteiger partial charge in [0.2, 0.25) is 5.91 Å². The molecule has 1 rings (SSSR count). The van der Waals surface area contributed by atoms with E-state index in [0.717, 1.165) is 0 Å². The van der Waals surface area contributed by atoms with Gasteiger partial charge in [0.05, 0.1) is 18.4 Å². The predicted molar refractivity (Wildman–Crippen MR) is 68.0 cm³/mol. The number of carbonyl (C=O) groups is 2. The van der Waals surface area contributed by atoms with Crippen LogP contribution < -0.4 is 10.1 Å². The molecule has 0 saturated heterocycles. The fraction of sp³-hybridized carbons (Fsp3) is 0.385. The Hall–Kier alpha value is -2.04. The van der Waals surface area contributed by atoms with Crippen LogP contribution in [0.1, 0.15) is 31.1 Å². The number of hydrogen-bond donors (Lipinski definition) is 2. The maximum atomic E-state index is 11.8. The molecule has 0 aliphatic carbocycles. The molecule has 0 spiro atoms. The number of nitrogens with one attached hydrogen (secondary N) is 1. The molecule has 0 aliphatic rings. The Balaban J connectivity index is 3.09. The molecule has 2 N–H and O–H groups in total. The number of carboxylic acids is 1. The van der Waals surface area contributed by atoms with Crippen molar-refractivity contribution in [1.82, 2.24) is 0 Å². The molecule has 0 unspecified atom stereocenters. The first kappa shape index (κ1) is 14.0. The average molecular weight is 251 g/mol. The Bertz CT molecular complexity index is 474. The molecule has 0 radical (unpaired) electrons. The first-order valence-corrected chi connectivity index (χ1v) is 5.48. The highest BCUT2D eigenvalue weighted by Crippen LogP contribution is 2.24. The number of carbonyl (C=O) groups excluding carboxylic acids is 1. The predicted octanol–water partition coefficient (Wildman–Crippen LogP) is 2.38. The standard InChI is InChI=1S/C13H17NO4/c1-13(2,3)12(17)14-10-6-5-8(18-4)7-9(10)11(15)16/h5-7H,1-4H3,(H,14,17)(H,15,16). The molecule has 98 valence electrons. The molecular formula is C13H17NO4. The zero-order valence-electron chi connectivity index (χ0n) is 10.9. The van der Waals surface area contributed by atoms with Gasteiger partial charge in [0.25, 0.3) is 0 Å². The van der Waals surface area contributed by atoms with Gasteiger partial charge in [0.15, 0.2) is 0 Å². The van der Waals surface area contributed by atoms with Crippen LogP contribution in [-0.2, 0) is 4.79 Å². The van der Waals surface area contributed by atoms with E-state index in [9.17, 15) is 9.59 Å². The van der Waals surface area contributed by atoms with Gasteiger partial charge in [-0.15, -0.1) is 0 Å². The van der Waals surface area contributed by atoms with Gasteiger partial charge in [-0.3, -0.25) is 4.79 Å². The van der Waals surface area contributed by atoms with E-state index in [1.54, 1.807) is 26.8 Å². The van der Waals surface area contributed by atoms with Crippen LogP contribution in [0.5, 0.6) is 5.75 Å². The van der Waals surface area contributed by atoms with Crippen LogP contribution in [0.15, 0.2) is 18.2 Å². The number of anilines is 1. The fourth-order valence-corrected chi connectivity index (χ4v) is 1.25. The topological polar surface area (TPSA) is 75.6 Å². The molecule has 0 atom stereocenters.